The first kappa shape index (κ1) is 13.1. The summed E-state index contributed by atoms with van der Waals surface area (Å²) in [6, 6.07) is 8.24. The van der Waals surface area contributed by atoms with Crippen molar-refractivity contribution in [3.05, 3.63) is 24.3 Å². The third-order valence-electron chi connectivity index (χ3n) is 3.30. The number of anilines is 2. The molecule has 0 saturated carbocycles. The molecule has 2 rings (SSSR count). The monoisotopic (exact) mass is 251 g/mol. The largest absolute Gasteiger partial charge is 0.382 e. The molecule has 18 heavy (non-hydrogen) atoms. The van der Waals surface area contributed by atoms with E-state index < -0.39 is 6.17 Å². The van der Waals surface area contributed by atoms with Crippen molar-refractivity contribution in [2.75, 3.05) is 50.0 Å². The lowest BCUT2D eigenvalue weighted by molar-refractivity contribution is 0.313. The molecule has 1 atom stereocenters. The molecule has 3 nitrogen and oxygen atoms in total. The molecular formula is C14H22FN3. The minimum atomic E-state index is -0.822. The van der Waals surface area contributed by atoms with Crippen LogP contribution in [0.1, 0.15) is 6.92 Å². The molecule has 0 aromatic heterocycles. The molecule has 1 aliphatic rings. The molecule has 1 aliphatic heterocycles. The first-order valence-corrected chi connectivity index (χ1v) is 6.56. The highest BCUT2D eigenvalue weighted by atomic mass is 19.1. The van der Waals surface area contributed by atoms with Gasteiger partial charge in [-0.05, 0) is 32.2 Å². The van der Waals surface area contributed by atoms with E-state index in [-0.39, 0.29) is 0 Å². The second kappa shape index (κ2) is 6.05. The standard InChI is InChI=1S/C14H22FN3/c1-12(15)11-16-13-4-3-5-14(10-13)18-8-6-17(2)7-9-18/h3-5,10,12,16H,6-9,11H2,1-2H3. The molecule has 0 amide bonds. The predicted octanol–water partition coefficient (Wildman–Crippen LogP) is 2.21. The maximum absolute atomic E-state index is 12.8. The van der Waals surface area contributed by atoms with Gasteiger partial charge in [0.25, 0.3) is 0 Å². The van der Waals surface area contributed by atoms with Crippen LogP contribution in [0.4, 0.5) is 15.8 Å². The Labute approximate surface area is 109 Å². The summed E-state index contributed by atoms with van der Waals surface area (Å²) in [5, 5.41) is 3.12. The molecule has 0 bridgehead atoms. The number of rotatable bonds is 4. The number of hydrogen-bond acceptors (Lipinski definition) is 3. The van der Waals surface area contributed by atoms with Gasteiger partial charge in [0.2, 0.25) is 0 Å². The van der Waals surface area contributed by atoms with Gasteiger partial charge in [-0.1, -0.05) is 6.07 Å². The second-order valence-corrected chi connectivity index (χ2v) is 5.00. The van der Waals surface area contributed by atoms with Crippen LogP contribution < -0.4 is 10.2 Å². The molecule has 1 aromatic carbocycles. The van der Waals surface area contributed by atoms with Gasteiger partial charge in [-0.25, -0.2) is 4.39 Å². The number of benzene rings is 1. The Kier molecular flexibility index (Phi) is 4.42. The van der Waals surface area contributed by atoms with Crippen LogP contribution in [-0.4, -0.2) is 50.8 Å². The maximum atomic E-state index is 12.8. The van der Waals surface area contributed by atoms with Crippen LogP contribution in [0, 0.1) is 0 Å². The normalized spacial score (nSPS) is 18.7. The van der Waals surface area contributed by atoms with E-state index in [0.29, 0.717) is 6.54 Å². The quantitative estimate of drug-likeness (QED) is 0.885. The van der Waals surface area contributed by atoms with E-state index in [9.17, 15) is 4.39 Å². The number of halogens is 1. The summed E-state index contributed by atoms with van der Waals surface area (Å²) in [7, 11) is 2.15. The third kappa shape index (κ3) is 3.60. The van der Waals surface area contributed by atoms with Gasteiger partial charge < -0.3 is 15.1 Å². The van der Waals surface area contributed by atoms with Crippen LogP contribution in [0.15, 0.2) is 24.3 Å². The summed E-state index contributed by atoms with van der Waals surface area (Å²) in [6.07, 6.45) is -0.822. The van der Waals surface area contributed by atoms with Crippen LogP contribution in [0.2, 0.25) is 0 Å². The molecule has 1 saturated heterocycles. The first-order valence-electron chi connectivity index (χ1n) is 6.56. The van der Waals surface area contributed by atoms with Crippen molar-refractivity contribution >= 4 is 11.4 Å². The lowest BCUT2D eigenvalue weighted by atomic mass is 10.2. The van der Waals surface area contributed by atoms with Gasteiger partial charge in [0.15, 0.2) is 0 Å². The summed E-state index contributed by atoms with van der Waals surface area (Å²) >= 11 is 0. The van der Waals surface area contributed by atoms with Gasteiger partial charge in [0.05, 0.1) is 0 Å². The molecule has 0 aliphatic carbocycles. The Morgan fingerprint density at radius 1 is 1.28 bits per heavy atom. The van der Waals surface area contributed by atoms with Crippen LogP contribution in [0.3, 0.4) is 0 Å². The molecular weight excluding hydrogens is 229 g/mol. The average Bonchev–Trinajstić information content (AvgIpc) is 2.37. The summed E-state index contributed by atoms with van der Waals surface area (Å²) in [4.78, 5) is 4.72. The van der Waals surface area contributed by atoms with Crippen molar-refractivity contribution in [2.45, 2.75) is 13.1 Å². The Bertz CT molecular complexity index is 373. The van der Waals surface area contributed by atoms with Crippen molar-refractivity contribution < 1.29 is 4.39 Å². The summed E-state index contributed by atoms with van der Waals surface area (Å²) < 4.78 is 12.8. The van der Waals surface area contributed by atoms with Crippen LogP contribution >= 0.6 is 0 Å². The Morgan fingerprint density at radius 2 is 2.00 bits per heavy atom. The molecule has 1 unspecified atom stereocenters. The number of piperazine rings is 1. The number of nitrogens with one attached hydrogen (secondary N) is 1. The lowest BCUT2D eigenvalue weighted by Crippen LogP contribution is -2.44. The molecule has 100 valence electrons. The second-order valence-electron chi connectivity index (χ2n) is 5.00. The van der Waals surface area contributed by atoms with Gasteiger partial charge in [-0.2, -0.15) is 0 Å². The highest BCUT2D eigenvalue weighted by Crippen LogP contribution is 2.20. The topological polar surface area (TPSA) is 18.5 Å². The molecule has 0 radical (unpaired) electrons. The molecule has 1 N–H and O–H groups in total. The zero-order valence-electron chi connectivity index (χ0n) is 11.2. The van der Waals surface area contributed by atoms with E-state index in [2.05, 4.69) is 34.3 Å². The lowest BCUT2D eigenvalue weighted by Gasteiger charge is -2.34. The summed E-state index contributed by atoms with van der Waals surface area (Å²) in [5.74, 6) is 0. The fraction of sp³-hybridized carbons (Fsp3) is 0.571. The Morgan fingerprint density at radius 3 is 2.67 bits per heavy atom. The highest BCUT2D eigenvalue weighted by molar-refractivity contribution is 5.58. The fourth-order valence-corrected chi connectivity index (χ4v) is 2.14. The number of hydrogen-bond donors (Lipinski definition) is 1. The van der Waals surface area contributed by atoms with Gasteiger partial charge >= 0.3 is 0 Å². The van der Waals surface area contributed by atoms with E-state index in [0.717, 1.165) is 31.9 Å². The van der Waals surface area contributed by atoms with Crippen molar-refractivity contribution in [1.82, 2.24) is 4.90 Å². The fourth-order valence-electron chi connectivity index (χ4n) is 2.14. The number of alkyl halides is 1. The molecule has 0 spiro atoms. The number of nitrogens with zero attached hydrogens (tertiary/aromatic N) is 2. The Balaban J connectivity index is 1.98. The van der Waals surface area contributed by atoms with E-state index >= 15 is 0 Å². The van der Waals surface area contributed by atoms with Gasteiger partial charge in [-0.15, -0.1) is 0 Å². The zero-order valence-corrected chi connectivity index (χ0v) is 11.2. The zero-order chi connectivity index (χ0) is 13.0. The Hall–Kier alpha value is -1.29. The van der Waals surface area contributed by atoms with E-state index in [1.165, 1.54) is 5.69 Å². The molecule has 4 heteroatoms. The highest BCUT2D eigenvalue weighted by Gasteiger charge is 2.14. The maximum Gasteiger partial charge on any atom is 0.114 e. The van der Waals surface area contributed by atoms with Crippen LogP contribution in [-0.2, 0) is 0 Å². The molecule has 1 heterocycles. The van der Waals surface area contributed by atoms with Gasteiger partial charge in [0.1, 0.15) is 6.17 Å². The van der Waals surface area contributed by atoms with Crippen LogP contribution in [0.25, 0.3) is 0 Å². The van der Waals surface area contributed by atoms with Crippen LogP contribution in [0.5, 0.6) is 0 Å². The predicted molar refractivity (Wildman–Crippen MR) is 75.2 cm³/mol. The van der Waals surface area contributed by atoms with Crippen molar-refractivity contribution in [3.8, 4) is 0 Å². The van der Waals surface area contributed by atoms with Crippen molar-refractivity contribution in [3.63, 3.8) is 0 Å². The average molecular weight is 251 g/mol. The first-order chi connectivity index (χ1) is 8.65. The van der Waals surface area contributed by atoms with E-state index in [1.54, 1.807) is 6.92 Å². The van der Waals surface area contributed by atoms with Crippen molar-refractivity contribution in [1.29, 1.82) is 0 Å². The summed E-state index contributed by atoms with van der Waals surface area (Å²) in [6.45, 7) is 6.24. The minimum absolute atomic E-state index is 0.367. The van der Waals surface area contributed by atoms with E-state index in [1.807, 2.05) is 12.1 Å². The molecule has 1 fully saturated rings. The van der Waals surface area contributed by atoms with Gasteiger partial charge in [0, 0.05) is 44.1 Å². The smallest absolute Gasteiger partial charge is 0.114 e. The minimum Gasteiger partial charge on any atom is -0.382 e. The SMILES string of the molecule is CC(F)CNc1cccc(N2CCN(C)CC2)c1. The van der Waals surface area contributed by atoms with Gasteiger partial charge in [-0.3, -0.25) is 0 Å². The third-order valence-corrected chi connectivity index (χ3v) is 3.30. The molecule has 1 aromatic rings. The summed E-state index contributed by atoms with van der Waals surface area (Å²) in [5.41, 5.74) is 2.22. The number of likely N-dealkylation sites (N-methyl/N-ethyl adjacent to an activating group) is 1. The van der Waals surface area contributed by atoms with E-state index in [4.69, 9.17) is 0 Å². The van der Waals surface area contributed by atoms with Crippen molar-refractivity contribution in [2.24, 2.45) is 0 Å².